The van der Waals surface area contributed by atoms with Gasteiger partial charge in [0.25, 0.3) is 0 Å². The largest absolute Gasteiger partial charge is 0.416 e. The van der Waals surface area contributed by atoms with Crippen LogP contribution < -0.4 is 0 Å². The summed E-state index contributed by atoms with van der Waals surface area (Å²) in [4.78, 5) is 0. The minimum Gasteiger partial charge on any atom is -0.416 e. The van der Waals surface area contributed by atoms with E-state index in [1.165, 1.54) is 22.3 Å². The molecule has 0 aliphatic heterocycles. The van der Waals surface area contributed by atoms with Crippen molar-refractivity contribution >= 4 is 11.3 Å². The number of aryl methyl sites for hydroxylation is 4. The van der Waals surface area contributed by atoms with E-state index < -0.39 is 0 Å². The second-order valence-corrected chi connectivity index (χ2v) is 10.3. The molecule has 0 amide bonds. The van der Waals surface area contributed by atoms with Crippen LogP contribution in [0.15, 0.2) is 101 Å². The van der Waals surface area contributed by atoms with Crippen molar-refractivity contribution in [2.24, 2.45) is 0 Å². The van der Waals surface area contributed by atoms with Crippen LogP contribution in [0.5, 0.6) is 0 Å². The Hall–Kier alpha value is -4.42. The molecule has 188 valence electrons. The Labute approximate surface area is 226 Å². The third-order valence-electron chi connectivity index (χ3n) is 6.04. The Morgan fingerprint density at radius 3 is 1.00 bits per heavy atom. The van der Waals surface area contributed by atoms with E-state index in [4.69, 9.17) is 4.42 Å². The van der Waals surface area contributed by atoms with E-state index in [9.17, 15) is 0 Å². The number of hydrogen-bond donors (Lipinski definition) is 0. The highest BCUT2D eigenvalue weighted by atomic mass is 32.1. The summed E-state index contributed by atoms with van der Waals surface area (Å²) in [5, 5.41) is 18.7. The second kappa shape index (κ2) is 11.3. The van der Waals surface area contributed by atoms with Gasteiger partial charge < -0.3 is 4.42 Å². The normalized spacial score (nSPS) is 10.6. The van der Waals surface area contributed by atoms with Crippen LogP contribution in [-0.4, -0.2) is 20.4 Å². The van der Waals surface area contributed by atoms with Crippen molar-refractivity contribution < 1.29 is 4.42 Å². The maximum Gasteiger partial charge on any atom is 0.248 e. The molecule has 0 fully saturated rings. The van der Waals surface area contributed by atoms with Crippen molar-refractivity contribution in [1.82, 2.24) is 20.4 Å². The summed E-state index contributed by atoms with van der Waals surface area (Å²) >= 11 is 1.63. The van der Waals surface area contributed by atoms with Crippen LogP contribution in [0.1, 0.15) is 22.3 Å². The van der Waals surface area contributed by atoms with Gasteiger partial charge in [-0.1, -0.05) is 106 Å². The number of benzene rings is 4. The van der Waals surface area contributed by atoms with Gasteiger partial charge in [-0.15, -0.1) is 20.4 Å². The summed E-state index contributed by atoms with van der Waals surface area (Å²) in [5.74, 6) is 1.10. The van der Waals surface area contributed by atoms with E-state index in [0.717, 1.165) is 32.3 Å². The Morgan fingerprint density at radius 2 is 0.684 bits per heavy atom. The summed E-state index contributed by atoms with van der Waals surface area (Å²) in [5.41, 5.74) is 9.07. The van der Waals surface area contributed by atoms with Gasteiger partial charge in [-0.2, -0.15) is 0 Å². The highest BCUT2D eigenvalue weighted by Gasteiger charge is 2.10. The molecule has 38 heavy (non-hydrogen) atoms. The minimum absolute atomic E-state index is 0.551. The van der Waals surface area contributed by atoms with Gasteiger partial charge in [0.2, 0.25) is 11.8 Å². The van der Waals surface area contributed by atoms with Gasteiger partial charge in [-0.05, 0) is 52.0 Å². The van der Waals surface area contributed by atoms with Crippen LogP contribution in [-0.2, 0) is 0 Å². The first-order valence-electron chi connectivity index (χ1n) is 12.4. The molecular weight excluding hydrogens is 488 g/mol. The van der Waals surface area contributed by atoms with E-state index in [1.54, 1.807) is 11.3 Å². The maximum atomic E-state index is 5.71. The van der Waals surface area contributed by atoms with Gasteiger partial charge >= 0.3 is 0 Å². The molecule has 5 nitrogen and oxygen atoms in total. The highest BCUT2D eigenvalue weighted by Crippen LogP contribution is 2.30. The van der Waals surface area contributed by atoms with Gasteiger partial charge in [-0.25, -0.2) is 0 Å². The fraction of sp³-hybridized carbons (Fsp3) is 0.125. The second-order valence-electron chi connectivity index (χ2n) is 9.29. The van der Waals surface area contributed by atoms with Crippen LogP contribution in [0.4, 0.5) is 0 Å². The molecule has 0 aliphatic carbocycles. The van der Waals surface area contributed by atoms with Crippen LogP contribution in [0, 0.1) is 27.7 Å². The Balaban J connectivity index is 0.000000155. The zero-order valence-corrected chi connectivity index (χ0v) is 22.7. The SMILES string of the molecule is Cc1ccc(-c2nnc(-c3ccc(C)cc3)o2)cc1.Cc1ccc(-c2nnc(-c3ccc(C)cc3)s2)cc1. The lowest BCUT2D eigenvalue weighted by Gasteiger charge is -1.96. The summed E-state index contributed by atoms with van der Waals surface area (Å²) < 4.78 is 5.71. The molecule has 6 aromatic rings. The summed E-state index contributed by atoms with van der Waals surface area (Å²) in [6.07, 6.45) is 0. The van der Waals surface area contributed by atoms with Gasteiger partial charge in [-0.3, -0.25) is 0 Å². The Kier molecular flexibility index (Phi) is 7.52. The van der Waals surface area contributed by atoms with E-state index in [0.29, 0.717) is 11.8 Å². The lowest BCUT2D eigenvalue weighted by atomic mass is 10.1. The zero-order chi connectivity index (χ0) is 26.5. The average Bonchev–Trinajstić information content (AvgIpc) is 3.62. The van der Waals surface area contributed by atoms with Gasteiger partial charge in [0, 0.05) is 22.3 Å². The van der Waals surface area contributed by atoms with Crippen molar-refractivity contribution in [3.63, 3.8) is 0 Å². The quantitative estimate of drug-likeness (QED) is 0.235. The molecule has 0 N–H and O–H groups in total. The predicted octanol–water partition coefficient (Wildman–Crippen LogP) is 8.51. The van der Waals surface area contributed by atoms with E-state index in [-0.39, 0.29) is 0 Å². The molecule has 0 aliphatic rings. The monoisotopic (exact) mass is 516 g/mol. The molecule has 0 atom stereocenters. The Bertz CT molecular complexity index is 1370. The van der Waals surface area contributed by atoms with Crippen molar-refractivity contribution in [1.29, 1.82) is 0 Å². The standard InChI is InChI=1S/C16H14N2O.C16H14N2S/c2*1-11-3-7-13(8-4-11)15-17-18-16(19-15)14-9-5-12(2)6-10-14/h2*3-10H,1-2H3. The lowest BCUT2D eigenvalue weighted by Crippen LogP contribution is -1.78. The number of rotatable bonds is 4. The molecule has 4 aromatic carbocycles. The first-order valence-corrected chi connectivity index (χ1v) is 13.2. The van der Waals surface area contributed by atoms with Gasteiger partial charge in [0.1, 0.15) is 10.0 Å². The fourth-order valence-electron chi connectivity index (χ4n) is 3.70. The predicted molar refractivity (Wildman–Crippen MR) is 155 cm³/mol. The summed E-state index contributed by atoms with van der Waals surface area (Å²) in [7, 11) is 0. The van der Waals surface area contributed by atoms with Crippen LogP contribution >= 0.6 is 11.3 Å². The molecular formula is C32H28N4OS. The van der Waals surface area contributed by atoms with Crippen molar-refractivity contribution in [2.75, 3.05) is 0 Å². The molecule has 6 rings (SSSR count). The topological polar surface area (TPSA) is 64.7 Å². The van der Waals surface area contributed by atoms with Crippen LogP contribution in [0.2, 0.25) is 0 Å². The van der Waals surface area contributed by atoms with Gasteiger partial charge in [0.05, 0.1) is 0 Å². The molecule has 0 spiro atoms. The van der Waals surface area contributed by atoms with Crippen molar-refractivity contribution in [2.45, 2.75) is 27.7 Å². The summed E-state index contributed by atoms with van der Waals surface area (Å²) in [6.45, 7) is 8.27. The van der Waals surface area contributed by atoms with Crippen LogP contribution in [0.25, 0.3) is 44.1 Å². The molecule has 2 aromatic heterocycles. The van der Waals surface area contributed by atoms with Crippen LogP contribution in [0.3, 0.4) is 0 Å². The average molecular weight is 517 g/mol. The molecule has 0 unspecified atom stereocenters. The fourth-order valence-corrected chi connectivity index (χ4v) is 4.55. The van der Waals surface area contributed by atoms with Crippen molar-refractivity contribution in [3.8, 4) is 44.1 Å². The number of hydrogen-bond acceptors (Lipinski definition) is 6. The lowest BCUT2D eigenvalue weighted by molar-refractivity contribution is 0.584. The molecule has 0 radical (unpaired) electrons. The van der Waals surface area contributed by atoms with E-state index in [2.05, 4.69) is 96.6 Å². The zero-order valence-electron chi connectivity index (χ0n) is 21.8. The summed E-state index contributed by atoms with van der Waals surface area (Å²) in [6, 6.07) is 32.8. The molecule has 2 heterocycles. The maximum absolute atomic E-state index is 5.71. The Morgan fingerprint density at radius 1 is 0.395 bits per heavy atom. The van der Waals surface area contributed by atoms with Gasteiger partial charge in [0.15, 0.2) is 0 Å². The molecule has 0 saturated carbocycles. The third kappa shape index (κ3) is 6.10. The molecule has 6 heteroatoms. The first kappa shape index (κ1) is 25.2. The number of aromatic nitrogens is 4. The highest BCUT2D eigenvalue weighted by molar-refractivity contribution is 7.17. The van der Waals surface area contributed by atoms with Crippen molar-refractivity contribution in [3.05, 3.63) is 119 Å². The van der Waals surface area contributed by atoms with E-state index in [1.807, 2.05) is 48.5 Å². The van der Waals surface area contributed by atoms with E-state index >= 15 is 0 Å². The molecule has 0 bridgehead atoms. The smallest absolute Gasteiger partial charge is 0.248 e. The third-order valence-corrected chi connectivity index (χ3v) is 7.07. The first-order chi connectivity index (χ1) is 18.4. The molecule has 0 saturated heterocycles. The minimum atomic E-state index is 0.551. The number of nitrogens with zero attached hydrogens (tertiary/aromatic N) is 4.